The van der Waals surface area contributed by atoms with Gasteiger partial charge in [0.15, 0.2) is 0 Å². The third-order valence-electron chi connectivity index (χ3n) is 5.89. The number of hydrogen-bond acceptors (Lipinski definition) is 4. The van der Waals surface area contributed by atoms with Gasteiger partial charge in [-0.25, -0.2) is 4.90 Å². The molecule has 0 spiro atoms. The van der Waals surface area contributed by atoms with Crippen molar-refractivity contribution in [1.82, 2.24) is 0 Å². The molecule has 1 aliphatic heterocycles. The van der Waals surface area contributed by atoms with Crippen LogP contribution in [-0.4, -0.2) is 17.7 Å². The maximum atomic E-state index is 13.1. The molecule has 0 atom stereocenters. The smallest absolute Gasteiger partial charge is 0.283 e. The predicted molar refractivity (Wildman–Crippen MR) is 140 cm³/mol. The molecule has 0 bridgehead atoms. The second-order valence-electron chi connectivity index (χ2n) is 8.55. The Morgan fingerprint density at radius 1 is 0.886 bits per heavy atom. The summed E-state index contributed by atoms with van der Waals surface area (Å²) < 4.78 is 0. The number of aryl methyl sites for hydroxylation is 1. The monoisotopic (exact) mass is 487 g/mol. The van der Waals surface area contributed by atoms with E-state index >= 15 is 0 Å². The third kappa shape index (κ3) is 4.98. The van der Waals surface area contributed by atoms with Crippen LogP contribution >= 0.6 is 11.6 Å². The Morgan fingerprint density at radius 3 is 2.14 bits per heavy atom. The number of imide groups is 1. The van der Waals surface area contributed by atoms with Gasteiger partial charge in [-0.2, -0.15) is 0 Å². The lowest BCUT2D eigenvalue weighted by Gasteiger charge is -2.18. The quantitative estimate of drug-likeness (QED) is 0.397. The molecule has 0 saturated heterocycles. The van der Waals surface area contributed by atoms with Crippen LogP contribution in [0, 0.1) is 0 Å². The van der Waals surface area contributed by atoms with Gasteiger partial charge in [0.2, 0.25) is 0 Å². The molecule has 35 heavy (non-hydrogen) atoms. The number of nitrogens with one attached hydrogen (secondary N) is 2. The molecular formula is C28H26ClN3O3. The summed E-state index contributed by atoms with van der Waals surface area (Å²) in [5.41, 5.74) is 4.29. The van der Waals surface area contributed by atoms with Crippen LogP contribution in [0.4, 0.5) is 17.1 Å². The predicted octanol–water partition coefficient (Wildman–Crippen LogP) is 6.06. The number of anilines is 3. The van der Waals surface area contributed by atoms with Gasteiger partial charge in [-0.15, -0.1) is 0 Å². The highest BCUT2D eigenvalue weighted by Gasteiger charge is 2.39. The fourth-order valence-electron chi connectivity index (χ4n) is 3.86. The Hall–Kier alpha value is -3.90. The van der Waals surface area contributed by atoms with E-state index in [1.807, 2.05) is 43.3 Å². The number of nitrogens with zero attached hydrogens (tertiary/aromatic N) is 1. The van der Waals surface area contributed by atoms with Crippen molar-refractivity contribution >= 4 is 46.4 Å². The average Bonchev–Trinajstić information content (AvgIpc) is 3.07. The maximum absolute atomic E-state index is 13.1. The summed E-state index contributed by atoms with van der Waals surface area (Å²) in [4.78, 5) is 39.6. The molecular weight excluding hydrogens is 462 g/mol. The van der Waals surface area contributed by atoms with E-state index in [0.717, 1.165) is 10.5 Å². The number of carbonyl (C=O) groups is 3. The number of benzene rings is 3. The summed E-state index contributed by atoms with van der Waals surface area (Å²) in [7, 11) is 0. The lowest BCUT2D eigenvalue weighted by molar-refractivity contribution is -0.120. The molecule has 6 nitrogen and oxygen atoms in total. The second kappa shape index (κ2) is 10.2. The van der Waals surface area contributed by atoms with E-state index in [-0.39, 0.29) is 16.6 Å². The topological polar surface area (TPSA) is 78.5 Å². The molecule has 0 radical (unpaired) electrons. The van der Waals surface area contributed by atoms with Crippen molar-refractivity contribution in [1.29, 1.82) is 0 Å². The minimum absolute atomic E-state index is 0.00464. The summed E-state index contributed by atoms with van der Waals surface area (Å²) in [5, 5.41) is 5.65. The molecule has 0 fully saturated rings. The summed E-state index contributed by atoms with van der Waals surface area (Å²) in [6.45, 7) is 6.18. The Balaban J connectivity index is 1.46. The fourth-order valence-corrected chi connectivity index (χ4v) is 4.07. The van der Waals surface area contributed by atoms with Gasteiger partial charge in [0.25, 0.3) is 17.7 Å². The highest BCUT2D eigenvalue weighted by Crippen LogP contribution is 2.32. The molecule has 1 heterocycles. The van der Waals surface area contributed by atoms with Crippen molar-refractivity contribution in [2.75, 3.05) is 15.5 Å². The van der Waals surface area contributed by atoms with Crippen molar-refractivity contribution in [3.63, 3.8) is 0 Å². The van der Waals surface area contributed by atoms with E-state index < -0.39 is 11.8 Å². The van der Waals surface area contributed by atoms with Crippen LogP contribution in [0.3, 0.4) is 0 Å². The van der Waals surface area contributed by atoms with Crippen molar-refractivity contribution < 1.29 is 14.4 Å². The van der Waals surface area contributed by atoms with Gasteiger partial charge in [-0.05, 0) is 65.9 Å². The first-order chi connectivity index (χ1) is 16.8. The van der Waals surface area contributed by atoms with Crippen LogP contribution in [-0.2, 0) is 16.0 Å². The number of halogens is 1. The molecule has 3 amide bonds. The molecule has 1 aliphatic rings. The molecule has 178 valence electrons. The summed E-state index contributed by atoms with van der Waals surface area (Å²) in [6.07, 6.45) is 0.666. The molecule has 7 heteroatoms. The lowest BCUT2D eigenvalue weighted by atomic mass is 10.0. The maximum Gasteiger partial charge on any atom is 0.283 e. The zero-order chi connectivity index (χ0) is 25.1. The van der Waals surface area contributed by atoms with Crippen molar-refractivity contribution in [3.05, 3.63) is 100 Å². The fraction of sp³-hybridized carbons (Fsp3) is 0.179. The zero-order valence-corrected chi connectivity index (χ0v) is 20.5. The van der Waals surface area contributed by atoms with E-state index in [1.165, 1.54) is 5.56 Å². The number of amides is 3. The van der Waals surface area contributed by atoms with Crippen molar-refractivity contribution in [3.8, 4) is 0 Å². The van der Waals surface area contributed by atoms with Crippen molar-refractivity contribution in [2.45, 2.75) is 33.1 Å². The number of para-hydroxylation sites is 1. The van der Waals surface area contributed by atoms with Gasteiger partial charge in [0.1, 0.15) is 10.7 Å². The highest BCUT2D eigenvalue weighted by atomic mass is 35.5. The normalized spacial score (nSPS) is 13.6. The lowest BCUT2D eigenvalue weighted by Crippen LogP contribution is -2.33. The minimum atomic E-state index is -0.570. The Labute approximate surface area is 209 Å². The summed E-state index contributed by atoms with van der Waals surface area (Å²) in [5.74, 6) is -0.924. The first kappa shape index (κ1) is 24.2. The van der Waals surface area contributed by atoms with Crippen LogP contribution in [0.2, 0.25) is 0 Å². The van der Waals surface area contributed by atoms with Crippen LogP contribution in [0.15, 0.2) is 83.5 Å². The zero-order valence-electron chi connectivity index (χ0n) is 19.8. The van der Waals surface area contributed by atoms with Gasteiger partial charge < -0.3 is 10.6 Å². The summed E-state index contributed by atoms with van der Waals surface area (Å²) >= 11 is 6.26. The van der Waals surface area contributed by atoms with Gasteiger partial charge in [-0.1, -0.05) is 62.7 Å². The molecule has 3 aromatic rings. The van der Waals surface area contributed by atoms with E-state index in [9.17, 15) is 14.4 Å². The molecule has 0 unspecified atom stereocenters. The SMILES string of the molecule is CCc1ccccc1N1C(=O)C(Cl)=C(Nc2ccc(C(=O)Nc3ccc(C(C)C)cc3)cc2)C1=O. The van der Waals surface area contributed by atoms with Gasteiger partial charge in [0.05, 0.1) is 5.69 Å². The van der Waals surface area contributed by atoms with Crippen LogP contribution < -0.4 is 15.5 Å². The Kier molecular flexibility index (Phi) is 7.03. The average molecular weight is 488 g/mol. The standard InChI is InChI=1S/C28H26ClN3O3/c1-4-18-7-5-6-8-23(18)32-27(34)24(29)25(28(32)35)30-21-15-11-20(12-16-21)26(33)31-22-13-9-19(10-14-22)17(2)3/h5-17,30H,4H2,1-3H3,(H,31,33). The number of rotatable bonds is 7. The van der Waals surface area contributed by atoms with Crippen LogP contribution in [0.25, 0.3) is 0 Å². The Morgan fingerprint density at radius 2 is 1.51 bits per heavy atom. The summed E-state index contributed by atoms with van der Waals surface area (Å²) in [6, 6.07) is 21.6. The number of carbonyl (C=O) groups excluding carboxylic acids is 3. The van der Waals surface area contributed by atoms with Crippen LogP contribution in [0.1, 0.15) is 48.2 Å². The molecule has 0 aromatic heterocycles. The van der Waals surface area contributed by atoms with Gasteiger partial charge in [0, 0.05) is 16.9 Å². The van der Waals surface area contributed by atoms with Gasteiger partial charge in [-0.3, -0.25) is 14.4 Å². The minimum Gasteiger partial charge on any atom is -0.350 e. The largest absolute Gasteiger partial charge is 0.350 e. The highest BCUT2D eigenvalue weighted by molar-refractivity contribution is 6.53. The van der Waals surface area contributed by atoms with Crippen LogP contribution in [0.5, 0.6) is 0 Å². The first-order valence-electron chi connectivity index (χ1n) is 11.4. The van der Waals surface area contributed by atoms with Crippen molar-refractivity contribution in [2.24, 2.45) is 0 Å². The Bertz CT molecular complexity index is 1310. The second-order valence-corrected chi connectivity index (χ2v) is 8.93. The number of hydrogen-bond donors (Lipinski definition) is 2. The molecule has 2 N–H and O–H groups in total. The molecule has 0 saturated carbocycles. The van der Waals surface area contributed by atoms with E-state index in [1.54, 1.807) is 36.4 Å². The molecule has 0 aliphatic carbocycles. The van der Waals surface area contributed by atoms with E-state index in [4.69, 9.17) is 11.6 Å². The van der Waals surface area contributed by atoms with E-state index in [2.05, 4.69) is 24.5 Å². The van der Waals surface area contributed by atoms with Gasteiger partial charge >= 0.3 is 0 Å². The molecule has 4 rings (SSSR count). The third-order valence-corrected chi connectivity index (χ3v) is 6.24. The van der Waals surface area contributed by atoms with E-state index in [0.29, 0.717) is 35.0 Å². The first-order valence-corrected chi connectivity index (χ1v) is 11.8. The molecule has 3 aromatic carbocycles.